The van der Waals surface area contributed by atoms with Crippen LogP contribution in [0.4, 0.5) is 13.2 Å². The van der Waals surface area contributed by atoms with Crippen molar-refractivity contribution >= 4 is 14.0 Å². The SMILES string of the molecule is C=C[Si](C)(C)C1CCCC(N(C)C(=O)CC(F)(F)F)C1. The Morgan fingerprint density at radius 2 is 2.00 bits per heavy atom. The van der Waals surface area contributed by atoms with Gasteiger partial charge in [0.2, 0.25) is 5.91 Å². The summed E-state index contributed by atoms with van der Waals surface area (Å²) < 4.78 is 36.9. The minimum absolute atomic E-state index is 0.0599. The Bertz CT molecular complexity index is 368. The van der Waals surface area contributed by atoms with Crippen molar-refractivity contribution in [1.82, 2.24) is 4.90 Å². The predicted octanol–water partition coefficient (Wildman–Crippen LogP) is 4.14. The Morgan fingerprint density at radius 1 is 1.40 bits per heavy atom. The highest BCUT2D eigenvalue weighted by Gasteiger charge is 2.38. The molecular formula is C14H24F3NOSi. The molecule has 1 rings (SSSR count). The first-order valence-corrected chi connectivity index (χ1v) is 10.2. The van der Waals surface area contributed by atoms with Crippen molar-refractivity contribution < 1.29 is 18.0 Å². The van der Waals surface area contributed by atoms with E-state index >= 15 is 0 Å². The van der Waals surface area contributed by atoms with Gasteiger partial charge in [0, 0.05) is 13.1 Å². The molecule has 0 heterocycles. The van der Waals surface area contributed by atoms with Gasteiger partial charge < -0.3 is 4.90 Å². The quantitative estimate of drug-likeness (QED) is 0.715. The van der Waals surface area contributed by atoms with E-state index in [-0.39, 0.29) is 6.04 Å². The van der Waals surface area contributed by atoms with Crippen LogP contribution in [0.15, 0.2) is 12.3 Å². The number of amides is 1. The third kappa shape index (κ3) is 4.65. The standard InChI is InChI=1S/C14H24F3NOSi/c1-5-20(3,4)12-8-6-7-11(9-12)18(2)13(19)10-14(15,16)17/h5,11-12H,1,6-10H2,2-4H3. The normalized spacial score (nSPS) is 24.3. The number of rotatable bonds is 4. The van der Waals surface area contributed by atoms with Gasteiger partial charge in [-0.25, -0.2) is 0 Å². The molecule has 0 aliphatic heterocycles. The third-order valence-electron chi connectivity index (χ3n) is 4.52. The van der Waals surface area contributed by atoms with Crippen LogP contribution in [0.25, 0.3) is 0 Å². The fourth-order valence-corrected chi connectivity index (χ4v) is 5.02. The molecule has 0 spiro atoms. The van der Waals surface area contributed by atoms with Crippen LogP contribution in [0.2, 0.25) is 18.6 Å². The summed E-state index contributed by atoms with van der Waals surface area (Å²) in [6, 6.07) is -0.0599. The Balaban J connectivity index is 2.67. The first-order chi connectivity index (χ1) is 9.07. The summed E-state index contributed by atoms with van der Waals surface area (Å²) in [4.78, 5) is 13.0. The first-order valence-electron chi connectivity index (χ1n) is 7.03. The molecule has 1 saturated carbocycles. The van der Waals surface area contributed by atoms with Crippen molar-refractivity contribution in [1.29, 1.82) is 0 Å². The summed E-state index contributed by atoms with van der Waals surface area (Å²) in [6.45, 7) is 8.35. The zero-order valence-electron chi connectivity index (χ0n) is 12.5. The smallest absolute Gasteiger partial charge is 0.342 e. The molecule has 1 amide bonds. The van der Waals surface area contributed by atoms with E-state index in [1.807, 2.05) is 5.70 Å². The lowest BCUT2D eigenvalue weighted by Crippen LogP contribution is -2.44. The molecule has 2 atom stereocenters. The third-order valence-corrected chi connectivity index (χ3v) is 8.20. The van der Waals surface area contributed by atoms with E-state index in [9.17, 15) is 18.0 Å². The molecule has 1 aliphatic carbocycles. The van der Waals surface area contributed by atoms with E-state index in [0.29, 0.717) is 5.54 Å². The van der Waals surface area contributed by atoms with Crippen molar-refractivity contribution in [2.24, 2.45) is 0 Å². The summed E-state index contributed by atoms with van der Waals surface area (Å²) in [5.74, 6) is -0.818. The molecule has 1 fully saturated rings. The minimum atomic E-state index is -4.42. The van der Waals surface area contributed by atoms with Gasteiger partial charge in [0.15, 0.2) is 0 Å². The fourth-order valence-electron chi connectivity index (χ4n) is 2.86. The Kier molecular flexibility index (Phi) is 5.46. The topological polar surface area (TPSA) is 20.3 Å². The summed E-state index contributed by atoms with van der Waals surface area (Å²) in [7, 11) is -0.0384. The van der Waals surface area contributed by atoms with E-state index in [1.54, 1.807) is 0 Å². The van der Waals surface area contributed by atoms with Gasteiger partial charge in [0.25, 0.3) is 0 Å². The second-order valence-corrected chi connectivity index (χ2v) is 11.2. The van der Waals surface area contributed by atoms with Crippen molar-refractivity contribution in [2.75, 3.05) is 7.05 Å². The summed E-state index contributed by atoms with van der Waals surface area (Å²) in [5.41, 5.74) is 2.54. The van der Waals surface area contributed by atoms with Crippen molar-refractivity contribution in [3.63, 3.8) is 0 Å². The van der Waals surface area contributed by atoms with Crippen molar-refractivity contribution in [2.45, 2.75) is 63.0 Å². The van der Waals surface area contributed by atoms with Crippen molar-refractivity contribution in [3.8, 4) is 0 Å². The monoisotopic (exact) mass is 307 g/mol. The van der Waals surface area contributed by atoms with Crippen LogP contribution >= 0.6 is 0 Å². The molecule has 20 heavy (non-hydrogen) atoms. The molecule has 0 radical (unpaired) electrons. The Labute approximate surface area is 120 Å². The van der Waals surface area contributed by atoms with Gasteiger partial charge in [0.1, 0.15) is 6.42 Å². The molecule has 1 aliphatic rings. The zero-order valence-corrected chi connectivity index (χ0v) is 13.5. The molecular weight excluding hydrogens is 283 g/mol. The van der Waals surface area contributed by atoms with Gasteiger partial charge in [-0.15, -0.1) is 12.3 Å². The highest BCUT2D eigenvalue weighted by atomic mass is 28.3. The highest BCUT2D eigenvalue weighted by Crippen LogP contribution is 2.39. The molecule has 0 bridgehead atoms. The molecule has 2 nitrogen and oxygen atoms in total. The largest absolute Gasteiger partial charge is 0.397 e. The van der Waals surface area contributed by atoms with E-state index in [0.717, 1.165) is 25.7 Å². The lowest BCUT2D eigenvalue weighted by molar-refractivity contribution is -0.162. The lowest BCUT2D eigenvalue weighted by atomic mass is 9.93. The molecule has 0 aromatic rings. The lowest BCUT2D eigenvalue weighted by Gasteiger charge is -2.40. The van der Waals surface area contributed by atoms with Gasteiger partial charge in [-0.2, -0.15) is 13.2 Å². The predicted molar refractivity (Wildman–Crippen MR) is 77.1 cm³/mol. The molecule has 0 aromatic carbocycles. The Hall–Kier alpha value is -0.783. The summed E-state index contributed by atoms with van der Waals surface area (Å²) in [5, 5.41) is 0. The van der Waals surface area contributed by atoms with Gasteiger partial charge in [0.05, 0.1) is 8.07 Å². The maximum absolute atomic E-state index is 12.3. The molecule has 2 unspecified atom stereocenters. The van der Waals surface area contributed by atoms with Crippen molar-refractivity contribution in [3.05, 3.63) is 12.3 Å². The van der Waals surface area contributed by atoms with Crippen LogP contribution in [-0.2, 0) is 4.79 Å². The van der Waals surface area contributed by atoms with E-state index in [2.05, 4.69) is 19.7 Å². The number of carbonyl (C=O) groups is 1. The number of hydrogen-bond acceptors (Lipinski definition) is 1. The Morgan fingerprint density at radius 3 is 2.50 bits per heavy atom. The number of halogens is 3. The highest BCUT2D eigenvalue weighted by molar-refractivity contribution is 6.83. The van der Waals surface area contributed by atoms with Crippen LogP contribution < -0.4 is 0 Å². The number of alkyl halides is 3. The molecule has 0 saturated heterocycles. The second kappa shape index (κ2) is 6.33. The van der Waals surface area contributed by atoms with E-state index < -0.39 is 26.6 Å². The number of hydrogen-bond donors (Lipinski definition) is 0. The molecule has 0 aromatic heterocycles. The van der Waals surface area contributed by atoms with Gasteiger partial charge >= 0.3 is 6.18 Å². The summed E-state index contributed by atoms with van der Waals surface area (Å²) >= 11 is 0. The van der Waals surface area contributed by atoms with Gasteiger partial charge in [-0.05, 0) is 18.4 Å². The molecule has 6 heteroatoms. The molecule has 116 valence electrons. The zero-order chi connectivity index (χ0) is 15.6. The number of carbonyl (C=O) groups excluding carboxylic acids is 1. The van der Waals surface area contributed by atoms with E-state index in [4.69, 9.17) is 0 Å². The minimum Gasteiger partial charge on any atom is -0.342 e. The van der Waals surface area contributed by atoms with Crippen LogP contribution in [0, 0.1) is 0 Å². The van der Waals surface area contributed by atoms with Gasteiger partial charge in [-0.1, -0.05) is 25.9 Å². The van der Waals surface area contributed by atoms with Crippen LogP contribution in [-0.4, -0.2) is 38.1 Å². The summed E-state index contributed by atoms with van der Waals surface area (Å²) in [6.07, 6.45) is -2.09. The van der Waals surface area contributed by atoms with Crippen LogP contribution in [0.1, 0.15) is 32.1 Å². The average Bonchev–Trinajstić information content (AvgIpc) is 2.36. The fraction of sp³-hybridized carbons (Fsp3) is 0.786. The van der Waals surface area contributed by atoms with E-state index in [1.165, 1.54) is 11.9 Å². The van der Waals surface area contributed by atoms with Gasteiger partial charge in [-0.3, -0.25) is 4.79 Å². The molecule has 0 N–H and O–H groups in total. The van der Waals surface area contributed by atoms with Crippen LogP contribution in [0.3, 0.4) is 0 Å². The maximum Gasteiger partial charge on any atom is 0.397 e. The number of nitrogens with zero attached hydrogens (tertiary/aromatic N) is 1. The average molecular weight is 307 g/mol. The first kappa shape index (κ1) is 17.3. The second-order valence-electron chi connectivity index (χ2n) is 6.34. The van der Waals surface area contributed by atoms with Crippen LogP contribution in [0.5, 0.6) is 0 Å². The maximum atomic E-state index is 12.3.